The van der Waals surface area contributed by atoms with E-state index in [4.69, 9.17) is 5.11 Å². The highest BCUT2D eigenvalue weighted by Crippen LogP contribution is 2.21. The second-order valence-corrected chi connectivity index (χ2v) is 4.91. The van der Waals surface area contributed by atoms with Crippen molar-refractivity contribution >= 4 is 27.5 Å². The van der Waals surface area contributed by atoms with Crippen LogP contribution in [0.5, 0.6) is 0 Å². The van der Waals surface area contributed by atoms with Crippen LogP contribution < -0.4 is 5.32 Å². The molecule has 1 aromatic rings. The van der Waals surface area contributed by atoms with Gasteiger partial charge >= 0.3 is 0 Å². The van der Waals surface area contributed by atoms with E-state index in [0.29, 0.717) is 17.4 Å². The maximum atomic E-state index is 11.8. The summed E-state index contributed by atoms with van der Waals surface area (Å²) in [5.41, 5.74) is 0.128. The molecule has 0 saturated heterocycles. The van der Waals surface area contributed by atoms with Gasteiger partial charge in [-0.15, -0.1) is 0 Å². The van der Waals surface area contributed by atoms with Crippen molar-refractivity contribution in [1.82, 2.24) is 5.32 Å². The molecule has 1 aromatic carbocycles. The fourth-order valence-corrected chi connectivity index (χ4v) is 2.01. The number of non-ortho nitro benzene ring substituents is 1. The van der Waals surface area contributed by atoms with E-state index in [1.165, 1.54) is 18.2 Å². The van der Waals surface area contributed by atoms with Gasteiger partial charge in [-0.25, -0.2) is 0 Å². The number of hydrogen-bond acceptors (Lipinski definition) is 4. The third-order valence-corrected chi connectivity index (χ3v) is 2.93. The van der Waals surface area contributed by atoms with Crippen molar-refractivity contribution < 1.29 is 14.8 Å². The number of benzene rings is 1. The van der Waals surface area contributed by atoms with Gasteiger partial charge in [-0.1, -0.05) is 15.9 Å². The fourth-order valence-electron chi connectivity index (χ4n) is 1.53. The first kappa shape index (κ1) is 15.6. The first-order chi connectivity index (χ1) is 9.04. The normalized spacial score (nSPS) is 10.2. The van der Waals surface area contributed by atoms with Crippen LogP contribution >= 0.6 is 15.9 Å². The minimum Gasteiger partial charge on any atom is -0.396 e. The lowest BCUT2D eigenvalue weighted by atomic mass is 10.2. The maximum absolute atomic E-state index is 11.8. The summed E-state index contributed by atoms with van der Waals surface area (Å²) in [5, 5.41) is 22.0. The molecule has 1 rings (SSSR count). The number of carbonyl (C=O) groups is 1. The van der Waals surface area contributed by atoms with Crippen molar-refractivity contribution in [3.05, 3.63) is 38.3 Å². The van der Waals surface area contributed by atoms with Crippen LogP contribution in [0.25, 0.3) is 0 Å². The van der Waals surface area contributed by atoms with Crippen LogP contribution in [0.3, 0.4) is 0 Å². The van der Waals surface area contributed by atoms with Crippen LogP contribution in [-0.4, -0.2) is 29.1 Å². The Labute approximate surface area is 119 Å². The molecule has 0 aliphatic heterocycles. The molecule has 0 bridgehead atoms. The van der Waals surface area contributed by atoms with Crippen molar-refractivity contribution in [2.45, 2.75) is 19.3 Å². The number of hydrogen-bond donors (Lipinski definition) is 2. The zero-order valence-electron chi connectivity index (χ0n) is 10.3. The molecule has 0 aliphatic rings. The lowest BCUT2D eigenvalue weighted by Gasteiger charge is -2.05. The van der Waals surface area contributed by atoms with Gasteiger partial charge in [0.05, 0.1) is 4.92 Å². The molecule has 0 heterocycles. The van der Waals surface area contributed by atoms with Crippen LogP contribution in [0.1, 0.15) is 29.6 Å². The van der Waals surface area contributed by atoms with E-state index in [-0.39, 0.29) is 23.8 Å². The SMILES string of the molecule is O=C(NCCCCCO)c1cc(Br)cc([N+](=O)[O-])c1. The zero-order valence-corrected chi connectivity index (χ0v) is 11.9. The Morgan fingerprint density at radius 3 is 2.68 bits per heavy atom. The Balaban J connectivity index is 2.59. The number of carbonyl (C=O) groups excluding carboxylic acids is 1. The Hall–Kier alpha value is -1.47. The molecule has 19 heavy (non-hydrogen) atoms. The van der Waals surface area contributed by atoms with Gasteiger partial charge in [0.15, 0.2) is 0 Å². The summed E-state index contributed by atoms with van der Waals surface area (Å²) < 4.78 is 0.493. The summed E-state index contributed by atoms with van der Waals surface area (Å²) in [6.07, 6.45) is 2.30. The summed E-state index contributed by atoms with van der Waals surface area (Å²) >= 11 is 3.14. The number of unbranched alkanes of at least 4 members (excludes halogenated alkanes) is 2. The van der Waals surface area contributed by atoms with E-state index in [9.17, 15) is 14.9 Å². The van der Waals surface area contributed by atoms with Crippen LogP contribution in [0.2, 0.25) is 0 Å². The van der Waals surface area contributed by atoms with E-state index in [1.54, 1.807) is 0 Å². The molecular formula is C12H15BrN2O4. The first-order valence-corrected chi connectivity index (χ1v) is 6.68. The van der Waals surface area contributed by atoms with Crippen molar-refractivity contribution in [2.75, 3.05) is 13.2 Å². The molecule has 2 N–H and O–H groups in total. The third kappa shape index (κ3) is 5.35. The van der Waals surface area contributed by atoms with Crippen LogP contribution in [0.4, 0.5) is 5.69 Å². The third-order valence-electron chi connectivity index (χ3n) is 2.48. The molecule has 1 amide bonds. The minimum absolute atomic E-state index is 0.125. The quantitative estimate of drug-likeness (QED) is 0.455. The van der Waals surface area contributed by atoms with Gasteiger partial charge in [0.25, 0.3) is 11.6 Å². The minimum atomic E-state index is -0.539. The van der Waals surface area contributed by atoms with Crippen molar-refractivity contribution in [3.8, 4) is 0 Å². The summed E-state index contributed by atoms with van der Waals surface area (Å²) in [5.74, 6) is -0.339. The number of aliphatic hydroxyl groups excluding tert-OH is 1. The van der Waals surface area contributed by atoms with Crippen molar-refractivity contribution in [3.63, 3.8) is 0 Å². The van der Waals surface area contributed by atoms with E-state index in [1.807, 2.05) is 0 Å². The highest BCUT2D eigenvalue weighted by Gasteiger charge is 2.13. The van der Waals surface area contributed by atoms with Crippen LogP contribution in [0, 0.1) is 10.1 Å². The van der Waals surface area contributed by atoms with Gasteiger partial charge < -0.3 is 10.4 Å². The number of nitrogens with zero attached hydrogens (tertiary/aromatic N) is 1. The topological polar surface area (TPSA) is 92.5 Å². The fraction of sp³-hybridized carbons (Fsp3) is 0.417. The average molecular weight is 331 g/mol. The van der Waals surface area contributed by atoms with E-state index < -0.39 is 4.92 Å². The number of nitrogens with one attached hydrogen (secondary N) is 1. The second kappa shape index (κ2) is 7.85. The number of aliphatic hydroxyl groups is 1. The molecule has 0 unspecified atom stereocenters. The predicted molar refractivity (Wildman–Crippen MR) is 74.1 cm³/mol. The molecule has 0 atom stereocenters. The monoisotopic (exact) mass is 330 g/mol. The smallest absolute Gasteiger partial charge is 0.271 e. The lowest BCUT2D eigenvalue weighted by molar-refractivity contribution is -0.385. The number of halogens is 1. The Bertz CT molecular complexity index is 465. The van der Waals surface area contributed by atoms with Crippen LogP contribution in [0.15, 0.2) is 22.7 Å². The second-order valence-electron chi connectivity index (χ2n) is 4.00. The van der Waals surface area contributed by atoms with E-state index in [2.05, 4.69) is 21.2 Å². The van der Waals surface area contributed by atoms with Gasteiger partial charge in [0.1, 0.15) is 0 Å². The largest absolute Gasteiger partial charge is 0.396 e. The summed E-state index contributed by atoms with van der Waals surface area (Å²) in [6.45, 7) is 0.630. The molecule has 0 aliphatic carbocycles. The highest BCUT2D eigenvalue weighted by molar-refractivity contribution is 9.10. The molecular weight excluding hydrogens is 316 g/mol. The van der Waals surface area contributed by atoms with Crippen LogP contribution in [-0.2, 0) is 0 Å². The average Bonchev–Trinajstić information content (AvgIpc) is 2.37. The number of nitro benzene ring substituents is 1. The number of nitro groups is 1. The molecule has 7 heteroatoms. The van der Waals surface area contributed by atoms with Crippen molar-refractivity contribution in [2.24, 2.45) is 0 Å². The maximum Gasteiger partial charge on any atom is 0.271 e. The van der Waals surface area contributed by atoms with Gasteiger partial charge in [-0.2, -0.15) is 0 Å². The molecule has 104 valence electrons. The van der Waals surface area contributed by atoms with Gasteiger partial charge in [0.2, 0.25) is 0 Å². The molecule has 0 saturated carbocycles. The van der Waals surface area contributed by atoms with Gasteiger partial charge in [0, 0.05) is 35.3 Å². The summed E-state index contributed by atoms with van der Waals surface area (Å²) in [6, 6.07) is 4.13. The number of amides is 1. The zero-order chi connectivity index (χ0) is 14.3. The molecule has 0 spiro atoms. The van der Waals surface area contributed by atoms with Gasteiger partial charge in [-0.3, -0.25) is 14.9 Å². The molecule has 6 nitrogen and oxygen atoms in total. The Kier molecular flexibility index (Phi) is 6.44. The Morgan fingerprint density at radius 2 is 2.05 bits per heavy atom. The summed E-state index contributed by atoms with van der Waals surface area (Å²) in [4.78, 5) is 22.0. The molecule has 0 aromatic heterocycles. The highest BCUT2D eigenvalue weighted by atomic mass is 79.9. The molecule has 0 fully saturated rings. The number of rotatable bonds is 7. The van der Waals surface area contributed by atoms with E-state index in [0.717, 1.165) is 12.8 Å². The van der Waals surface area contributed by atoms with E-state index >= 15 is 0 Å². The molecule has 0 radical (unpaired) electrons. The summed E-state index contributed by atoms with van der Waals surface area (Å²) in [7, 11) is 0. The standard InChI is InChI=1S/C12H15BrN2O4/c13-10-6-9(7-11(8-10)15(18)19)12(17)14-4-2-1-3-5-16/h6-8,16H,1-5H2,(H,14,17). The predicted octanol–water partition coefficient (Wildman–Crippen LogP) is 2.25. The van der Waals surface area contributed by atoms with Crippen molar-refractivity contribution in [1.29, 1.82) is 0 Å². The van der Waals surface area contributed by atoms with Gasteiger partial charge in [-0.05, 0) is 25.3 Å². The first-order valence-electron chi connectivity index (χ1n) is 5.88. The Morgan fingerprint density at radius 1 is 1.32 bits per heavy atom. The lowest BCUT2D eigenvalue weighted by Crippen LogP contribution is -2.24.